The zero-order valence-electron chi connectivity index (χ0n) is 11.5. The smallest absolute Gasteiger partial charge is 0.252 e. The van der Waals surface area contributed by atoms with Crippen LogP contribution in [0.2, 0.25) is 0 Å². The molecule has 0 saturated heterocycles. The van der Waals surface area contributed by atoms with Gasteiger partial charge in [0.1, 0.15) is 4.21 Å². The molecule has 1 aromatic heterocycles. The van der Waals surface area contributed by atoms with Gasteiger partial charge >= 0.3 is 0 Å². The van der Waals surface area contributed by atoms with Crippen LogP contribution in [-0.4, -0.2) is 45.2 Å². The summed E-state index contributed by atoms with van der Waals surface area (Å²) in [6.07, 6.45) is 0. The van der Waals surface area contributed by atoms with E-state index < -0.39 is 10.0 Å². The van der Waals surface area contributed by atoms with Gasteiger partial charge in [0.25, 0.3) is 10.0 Å². The molecule has 0 spiro atoms. The molecular formula is C11H17N3O4S2. The molecule has 1 aromatic rings. The topological polar surface area (TPSA) is 95.6 Å². The summed E-state index contributed by atoms with van der Waals surface area (Å²) in [6.45, 7) is 1.44. The van der Waals surface area contributed by atoms with Gasteiger partial charge in [0, 0.05) is 25.9 Å². The number of carbonyl (C=O) groups excluding carboxylic acids is 2. The lowest BCUT2D eigenvalue weighted by Crippen LogP contribution is -2.36. The first-order valence-electron chi connectivity index (χ1n) is 5.77. The Morgan fingerprint density at radius 1 is 1.35 bits per heavy atom. The number of thiophene rings is 1. The Labute approximate surface area is 122 Å². The van der Waals surface area contributed by atoms with Crippen LogP contribution in [0.1, 0.15) is 11.8 Å². The van der Waals surface area contributed by atoms with E-state index in [1.807, 2.05) is 0 Å². The molecule has 7 nitrogen and oxygen atoms in total. The van der Waals surface area contributed by atoms with E-state index in [4.69, 9.17) is 0 Å². The van der Waals surface area contributed by atoms with Crippen LogP contribution in [0.3, 0.4) is 0 Å². The van der Waals surface area contributed by atoms with Crippen molar-refractivity contribution < 1.29 is 18.0 Å². The zero-order valence-corrected chi connectivity index (χ0v) is 13.1. The predicted octanol–water partition coefficient (Wildman–Crippen LogP) is -0.249. The van der Waals surface area contributed by atoms with Crippen molar-refractivity contribution in [1.29, 1.82) is 0 Å². The first-order chi connectivity index (χ1) is 9.27. The molecule has 0 bridgehead atoms. The Hall–Kier alpha value is -1.45. The number of rotatable bonds is 6. The number of amides is 2. The maximum absolute atomic E-state index is 12.2. The fraction of sp³-hybridized carbons (Fsp3) is 0.455. The van der Waals surface area contributed by atoms with Gasteiger partial charge in [-0.25, -0.2) is 8.42 Å². The lowest BCUT2D eigenvalue weighted by molar-refractivity contribution is -0.121. The van der Waals surface area contributed by atoms with Gasteiger partial charge in [-0.2, -0.15) is 4.31 Å². The molecule has 9 heteroatoms. The van der Waals surface area contributed by atoms with Gasteiger partial charge in [0.2, 0.25) is 11.8 Å². The molecule has 0 aliphatic carbocycles. The number of hydrogen-bond donors (Lipinski definition) is 2. The summed E-state index contributed by atoms with van der Waals surface area (Å²) < 4.78 is 25.5. The third kappa shape index (κ3) is 4.29. The quantitative estimate of drug-likeness (QED) is 0.756. The van der Waals surface area contributed by atoms with E-state index in [1.165, 1.54) is 27.1 Å². The van der Waals surface area contributed by atoms with E-state index in [9.17, 15) is 18.0 Å². The first-order valence-corrected chi connectivity index (χ1v) is 8.03. The second-order valence-corrected chi connectivity index (χ2v) is 7.50. The first kappa shape index (κ1) is 16.6. The lowest BCUT2D eigenvalue weighted by atomic mass is 10.4. The van der Waals surface area contributed by atoms with Crippen molar-refractivity contribution in [3.05, 3.63) is 17.0 Å². The van der Waals surface area contributed by atoms with E-state index in [-0.39, 0.29) is 29.1 Å². The van der Waals surface area contributed by atoms with Crippen molar-refractivity contribution >= 4 is 33.2 Å². The minimum Gasteiger partial charge on any atom is -0.358 e. The fourth-order valence-electron chi connectivity index (χ4n) is 1.32. The Morgan fingerprint density at radius 2 is 2.00 bits per heavy atom. The van der Waals surface area contributed by atoms with Crippen LogP contribution in [0.25, 0.3) is 0 Å². The molecule has 2 N–H and O–H groups in total. The Balaban J connectivity index is 2.82. The minimum atomic E-state index is -3.68. The van der Waals surface area contributed by atoms with Crippen molar-refractivity contribution in [2.75, 3.05) is 20.6 Å². The zero-order chi connectivity index (χ0) is 15.3. The summed E-state index contributed by atoms with van der Waals surface area (Å²) in [5.74, 6) is -0.564. The highest BCUT2D eigenvalue weighted by Crippen LogP contribution is 2.24. The molecule has 112 valence electrons. The van der Waals surface area contributed by atoms with Gasteiger partial charge in [0.15, 0.2) is 0 Å². The van der Waals surface area contributed by atoms with Gasteiger partial charge in [0.05, 0.1) is 13.1 Å². The number of likely N-dealkylation sites (N-methyl/N-ethyl adjacent to an activating group) is 2. The molecule has 1 heterocycles. The molecule has 0 saturated carbocycles. The summed E-state index contributed by atoms with van der Waals surface area (Å²) in [5.41, 5.74) is 0. The Kier molecular flexibility index (Phi) is 5.66. The molecule has 0 aliphatic heterocycles. The maximum atomic E-state index is 12.2. The van der Waals surface area contributed by atoms with Gasteiger partial charge in [-0.05, 0) is 12.1 Å². The minimum absolute atomic E-state index is 0.143. The van der Waals surface area contributed by atoms with E-state index >= 15 is 0 Å². The molecule has 0 atom stereocenters. The fourth-order valence-corrected chi connectivity index (χ4v) is 3.96. The van der Waals surface area contributed by atoms with Crippen molar-refractivity contribution in [3.8, 4) is 0 Å². The van der Waals surface area contributed by atoms with E-state index in [0.29, 0.717) is 0 Å². The normalized spacial score (nSPS) is 11.4. The van der Waals surface area contributed by atoms with Crippen LogP contribution < -0.4 is 10.6 Å². The summed E-state index contributed by atoms with van der Waals surface area (Å²) in [5, 5.41) is 4.96. The van der Waals surface area contributed by atoms with Crippen molar-refractivity contribution in [1.82, 2.24) is 14.9 Å². The number of sulfonamides is 1. The van der Waals surface area contributed by atoms with Crippen LogP contribution in [0, 0.1) is 0 Å². The molecule has 0 radical (unpaired) electrons. The van der Waals surface area contributed by atoms with Crippen LogP contribution in [0.15, 0.2) is 16.3 Å². The van der Waals surface area contributed by atoms with Crippen LogP contribution >= 0.6 is 11.3 Å². The van der Waals surface area contributed by atoms with Crippen LogP contribution in [0.5, 0.6) is 0 Å². The van der Waals surface area contributed by atoms with Gasteiger partial charge < -0.3 is 10.6 Å². The van der Waals surface area contributed by atoms with Crippen molar-refractivity contribution in [2.45, 2.75) is 17.7 Å². The highest BCUT2D eigenvalue weighted by molar-refractivity contribution is 7.91. The highest BCUT2D eigenvalue weighted by Gasteiger charge is 2.24. The monoisotopic (exact) mass is 319 g/mol. The summed E-state index contributed by atoms with van der Waals surface area (Å²) in [4.78, 5) is 22.8. The molecule has 20 heavy (non-hydrogen) atoms. The number of carbonyl (C=O) groups is 2. The third-order valence-electron chi connectivity index (χ3n) is 2.46. The number of nitrogens with one attached hydrogen (secondary N) is 2. The SMILES string of the molecule is CNC(=O)CN(C)S(=O)(=O)c1ccc(CNC(C)=O)s1. The van der Waals surface area contributed by atoms with Crippen LogP contribution in [0.4, 0.5) is 0 Å². The summed E-state index contributed by atoms with van der Waals surface area (Å²) in [6, 6.07) is 3.11. The molecule has 0 unspecified atom stereocenters. The molecule has 0 aromatic carbocycles. The van der Waals surface area contributed by atoms with E-state index in [1.54, 1.807) is 6.07 Å². The van der Waals surface area contributed by atoms with Gasteiger partial charge in [-0.15, -0.1) is 11.3 Å². The highest BCUT2D eigenvalue weighted by atomic mass is 32.2. The summed E-state index contributed by atoms with van der Waals surface area (Å²) >= 11 is 1.07. The number of hydrogen-bond acceptors (Lipinski definition) is 5. The Morgan fingerprint density at radius 3 is 2.55 bits per heavy atom. The van der Waals surface area contributed by atoms with Crippen molar-refractivity contribution in [2.24, 2.45) is 0 Å². The average Bonchev–Trinajstić information content (AvgIpc) is 2.85. The van der Waals surface area contributed by atoms with Gasteiger partial charge in [-0.1, -0.05) is 0 Å². The summed E-state index contributed by atoms with van der Waals surface area (Å²) in [7, 11) is -0.895. The maximum Gasteiger partial charge on any atom is 0.252 e. The second-order valence-electron chi connectivity index (χ2n) is 4.06. The second kappa shape index (κ2) is 6.82. The lowest BCUT2D eigenvalue weighted by Gasteiger charge is -2.14. The standard InChI is InChI=1S/C11H17N3O4S2/c1-8(15)13-6-9-4-5-11(19-9)20(17,18)14(3)7-10(16)12-2/h4-5H,6-7H2,1-3H3,(H,12,16)(H,13,15). The molecule has 0 aliphatic rings. The third-order valence-corrected chi connectivity index (χ3v) is 5.81. The van der Waals surface area contributed by atoms with Gasteiger partial charge in [-0.3, -0.25) is 9.59 Å². The largest absolute Gasteiger partial charge is 0.358 e. The molecule has 0 fully saturated rings. The van der Waals surface area contributed by atoms with E-state index in [2.05, 4.69) is 10.6 Å². The molecule has 1 rings (SSSR count). The predicted molar refractivity (Wildman–Crippen MR) is 75.7 cm³/mol. The molecular weight excluding hydrogens is 302 g/mol. The molecule has 2 amide bonds. The van der Waals surface area contributed by atoms with Crippen molar-refractivity contribution in [3.63, 3.8) is 0 Å². The van der Waals surface area contributed by atoms with Crippen LogP contribution in [-0.2, 0) is 26.2 Å². The Bertz CT molecular complexity index is 595. The average molecular weight is 319 g/mol. The van der Waals surface area contributed by atoms with E-state index in [0.717, 1.165) is 20.5 Å². The number of nitrogens with zero attached hydrogens (tertiary/aromatic N) is 1.